The number of hydrogen-bond acceptors (Lipinski definition) is 3. The molecule has 116 valence electrons. The maximum atomic E-state index is 12.4. The molecule has 0 spiro atoms. The van der Waals surface area contributed by atoms with Crippen LogP contribution in [0.5, 0.6) is 0 Å². The number of rotatable bonds is 3. The Bertz CT molecular complexity index is 499. The number of carbonyl (C=O) groups excluding carboxylic acids is 1. The Balaban J connectivity index is 2.07. The summed E-state index contributed by atoms with van der Waals surface area (Å²) in [6.07, 6.45) is 1.13. The van der Waals surface area contributed by atoms with Crippen molar-refractivity contribution in [3.05, 3.63) is 35.4 Å². The number of benzene rings is 1. The zero-order chi connectivity index (χ0) is 15.5. The minimum Gasteiger partial charge on any atom is -0.388 e. The molecule has 1 saturated heterocycles. The summed E-state index contributed by atoms with van der Waals surface area (Å²) in [5, 5.41) is 13.3. The van der Waals surface area contributed by atoms with Gasteiger partial charge >= 0.3 is 0 Å². The summed E-state index contributed by atoms with van der Waals surface area (Å²) in [4.78, 5) is 12.4. The van der Waals surface area contributed by atoms with E-state index >= 15 is 0 Å². The Morgan fingerprint density at radius 3 is 2.52 bits per heavy atom. The van der Waals surface area contributed by atoms with Crippen LogP contribution in [0.15, 0.2) is 24.3 Å². The number of ether oxygens (including phenoxy) is 1. The Hall–Kier alpha value is -1.39. The average Bonchev–Trinajstić information content (AvgIpc) is 2.45. The van der Waals surface area contributed by atoms with Gasteiger partial charge in [0.1, 0.15) is 0 Å². The number of nitrogens with one attached hydrogen (secondary N) is 1. The monoisotopic (exact) mass is 291 g/mol. The largest absolute Gasteiger partial charge is 0.388 e. The van der Waals surface area contributed by atoms with Crippen LogP contribution in [0, 0.1) is 0 Å². The highest BCUT2D eigenvalue weighted by Gasteiger charge is 2.30. The highest BCUT2D eigenvalue weighted by molar-refractivity contribution is 5.96. The van der Waals surface area contributed by atoms with Gasteiger partial charge in [-0.1, -0.05) is 39.0 Å². The molecule has 1 heterocycles. The van der Waals surface area contributed by atoms with Crippen molar-refractivity contribution in [2.75, 3.05) is 19.8 Å². The van der Waals surface area contributed by atoms with Gasteiger partial charge in [0.2, 0.25) is 0 Å². The smallest absolute Gasteiger partial charge is 0.251 e. The van der Waals surface area contributed by atoms with Gasteiger partial charge in [0.15, 0.2) is 0 Å². The van der Waals surface area contributed by atoms with Crippen molar-refractivity contribution in [2.24, 2.45) is 0 Å². The Kier molecular flexibility index (Phi) is 4.69. The average molecular weight is 291 g/mol. The van der Waals surface area contributed by atoms with E-state index in [0.29, 0.717) is 31.6 Å². The molecular formula is C17H25NO3. The molecular weight excluding hydrogens is 266 g/mol. The molecule has 2 N–H and O–H groups in total. The predicted octanol–water partition coefficient (Wildman–Crippen LogP) is 2.26. The molecule has 1 aromatic rings. The molecule has 0 atom stereocenters. The SMILES string of the molecule is CC(C)(C)c1ccccc1C(=O)NCC1(O)CCOCC1. The second kappa shape index (κ2) is 6.16. The first-order valence-corrected chi connectivity index (χ1v) is 7.50. The molecule has 4 heteroatoms. The van der Waals surface area contributed by atoms with E-state index in [1.54, 1.807) is 0 Å². The van der Waals surface area contributed by atoms with Gasteiger partial charge in [-0.15, -0.1) is 0 Å². The van der Waals surface area contributed by atoms with Crippen molar-refractivity contribution in [2.45, 2.75) is 44.6 Å². The van der Waals surface area contributed by atoms with E-state index in [1.165, 1.54) is 0 Å². The molecule has 21 heavy (non-hydrogen) atoms. The minimum absolute atomic E-state index is 0.0937. The maximum Gasteiger partial charge on any atom is 0.251 e. The molecule has 2 rings (SSSR count). The lowest BCUT2D eigenvalue weighted by Gasteiger charge is -2.32. The summed E-state index contributed by atoms with van der Waals surface area (Å²) >= 11 is 0. The van der Waals surface area contributed by atoms with Crippen LogP contribution in [-0.2, 0) is 10.2 Å². The van der Waals surface area contributed by atoms with Crippen LogP contribution < -0.4 is 5.32 Å². The van der Waals surface area contributed by atoms with Crippen molar-refractivity contribution < 1.29 is 14.6 Å². The molecule has 1 aliphatic heterocycles. The van der Waals surface area contributed by atoms with E-state index in [9.17, 15) is 9.90 Å². The van der Waals surface area contributed by atoms with Crippen LogP contribution in [0.4, 0.5) is 0 Å². The fourth-order valence-corrected chi connectivity index (χ4v) is 2.60. The minimum atomic E-state index is -0.843. The van der Waals surface area contributed by atoms with E-state index in [1.807, 2.05) is 24.3 Å². The van der Waals surface area contributed by atoms with Gasteiger partial charge in [0, 0.05) is 38.2 Å². The summed E-state index contributed by atoms with van der Waals surface area (Å²) < 4.78 is 5.25. The molecule has 1 aromatic carbocycles. The number of carbonyl (C=O) groups is 1. The van der Waals surface area contributed by atoms with E-state index in [2.05, 4.69) is 26.1 Å². The first-order valence-electron chi connectivity index (χ1n) is 7.50. The summed E-state index contributed by atoms with van der Waals surface area (Å²) in [6, 6.07) is 7.64. The summed E-state index contributed by atoms with van der Waals surface area (Å²) in [7, 11) is 0. The number of hydrogen-bond donors (Lipinski definition) is 2. The van der Waals surface area contributed by atoms with Crippen LogP contribution in [0.2, 0.25) is 0 Å². The van der Waals surface area contributed by atoms with E-state index < -0.39 is 5.60 Å². The summed E-state index contributed by atoms with van der Waals surface area (Å²) in [5.41, 5.74) is 0.760. The van der Waals surface area contributed by atoms with Crippen LogP contribution >= 0.6 is 0 Å². The normalized spacial score (nSPS) is 18.3. The van der Waals surface area contributed by atoms with Gasteiger partial charge < -0.3 is 15.2 Å². The number of aliphatic hydroxyl groups is 1. The van der Waals surface area contributed by atoms with Gasteiger partial charge in [-0.2, -0.15) is 0 Å². The lowest BCUT2D eigenvalue weighted by molar-refractivity contribution is -0.0605. The van der Waals surface area contributed by atoms with Crippen LogP contribution in [-0.4, -0.2) is 36.4 Å². The van der Waals surface area contributed by atoms with Crippen molar-refractivity contribution in [3.8, 4) is 0 Å². The Morgan fingerprint density at radius 1 is 1.29 bits per heavy atom. The van der Waals surface area contributed by atoms with Crippen molar-refractivity contribution in [1.29, 1.82) is 0 Å². The lowest BCUT2D eigenvalue weighted by atomic mass is 9.83. The lowest BCUT2D eigenvalue weighted by Crippen LogP contribution is -2.46. The maximum absolute atomic E-state index is 12.4. The van der Waals surface area contributed by atoms with Crippen molar-refractivity contribution >= 4 is 5.91 Å². The molecule has 4 nitrogen and oxygen atoms in total. The summed E-state index contributed by atoms with van der Waals surface area (Å²) in [5.74, 6) is -0.125. The third-order valence-corrected chi connectivity index (χ3v) is 3.98. The van der Waals surface area contributed by atoms with Gasteiger partial charge in [-0.25, -0.2) is 0 Å². The molecule has 0 aliphatic carbocycles. The molecule has 0 bridgehead atoms. The van der Waals surface area contributed by atoms with Crippen LogP contribution in [0.3, 0.4) is 0 Å². The second-order valence-corrected chi connectivity index (χ2v) is 6.81. The van der Waals surface area contributed by atoms with Crippen LogP contribution in [0.1, 0.15) is 49.5 Å². The van der Waals surface area contributed by atoms with Crippen molar-refractivity contribution in [1.82, 2.24) is 5.32 Å². The van der Waals surface area contributed by atoms with E-state index in [4.69, 9.17) is 4.74 Å². The zero-order valence-electron chi connectivity index (χ0n) is 13.1. The van der Waals surface area contributed by atoms with E-state index in [-0.39, 0.29) is 17.9 Å². The quantitative estimate of drug-likeness (QED) is 0.898. The highest BCUT2D eigenvalue weighted by atomic mass is 16.5. The van der Waals surface area contributed by atoms with E-state index in [0.717, 1.165) is 5.56 Å². The van der Waals surface area contributed by atoms with Crippen molar-refractivity contribution in [3.63, 3.8) is 0 Å². The zero-order valence-corrected chi connectivity index (χ0v) is 13.1. The fourth-order valence-electron chi connectivity index (χ4n) is 2.60. The fraction of sp³-hybridized carbons (Fsp3) is 0.588. The summed E-state index contributed by atoms with van der Waals surface area (Å²) in [6.45, 7) is 7.63. The molecule has 1 amide bonds. The molecule has 1 fully saturated rings. The highest BCUT2D eigenvalue weighted by Crippen LogP contribution is 2.26. The first-order chi connectivity index (χ1) is 9.82. The first kappa shape index (κ1) is 16.0. The second-order valence-electron chi connectivity index (χ2n) is 6.81. The molecule has 1 aliphatic rings. The van der Waals surface area contributed by atoms with Gasteiger partial charge in [-0.3, -0.25) is 4.79 Å². The standard InChI is InChI=1S/C17H25NO3/c1-16(2,3)14-7-5-4-6-13(14)15(19)18-12-17(20)8-10-21-11-9-17/h4-7,20H,8-12H2,1-3H3,(H,18,19). The third-order valence-electron chi connectivity index (χ3n) is 3.98. The Labute approximate surface area is 126 Å². The molecule has 0 aromatic heterocycles. The molecule has 0 radical (unpaired) electrons. The van der Waals surface area contributed by atoms with Crippen LogP contribution in [0.25, 0.3) is 0 Å². The molecule has 0 saturated carbocycles. The number of amides is 1. The van der Waals surface area contributed by atoms with Gasteiger partial charge in [0.05, 0.1) is 5.60 Å². The molecule has 0 unspecified atom stereocenters. The Morgan fingerprint density at radius 2 is 1.90 bits per heavy atom. The topological polar surface area (TPSA) is 58.6 Å². The predicted molar refractivity (Wildman–Crippen MR) is 82.5 cm³/mol. The third kappa shape index (κ3) is 4.05. The van der Waals surface area contributed by atoms with Gasteiger partial charge in [-0.05, 0) is 17.0 Å². The van der Waals surface area contributed by atoms with Gasteiger partial charge in [0.25, 0.3) is 5.91 Å².